The third kappa shape index (κ3) is 4.93. The van der Waals surface area contributed by atoms with Crippen LogP contribution in [0.5, 0.6) is 0 Å². The summed E-state index contributed by atoms with van der Waals surface area (Å²) in [5, 5.41) is 2.37. The molecule has 3 aromatic carbocycles. The first-order valence-electron chi connectivity index (χ1n) is 14.0. The Morgan fingerprint density at radius 2 is 1.51 bits per heavy atom. The summed E-state index contributed by atoms with van der Waals surface area (Å²) < 4.78 is 2.23. The van der Waals surface area contributed by atoms with Gasteiger partial charge < -0.3 is 14.4 Å². The normalized spacial score (nSPS) is 13.8. The van der Waals surface area contributed by atoms with Crippen LogP contribution in [0.4, 0.5) is 17.3 Å². The fourth-order valence-corrected chi connectivity index (χ4v) is 7.36. The zero-order valence-corrected chi connectivity index (χ0v) is 28.2. The van der Waals surface area contributed by atoms with Crippen LogP contribution in [0.15, 0.2) is 95.1 Å². The number of fused-ring (bicyclic) bond motifs is 4. The second-order valence-electron chi connectivity index (χ2n) is 12.1. The molecule has 6 aromatic rings. The SMILES string of the molecule is CN1[CH-]N(c2[c-]c(S(C)(C)c3[c-]c4c(cc3)c3ccccc3n4-c3ccccn3)cc(C(C)(C)C)c2)c2nccnc21.[Pt]. The molecule has 7 rings (SSSR count). The van der Waals surface area contributed by atoms with Crippen molar-refractivity contribution in [2.45, 2.75) is 36.0 Å². The first-order chi connectivity index (χ1) is 20.1. The van der Waals surface area contributed by atoms with Gasteiger partial charge in [0.25, 0.3) is 0 Å². The Balaban J connectivity index is 0.00000329. The van der Waals surface area contributed by atoms with Gasteiger partial charge in [0.15, 0.2) is 0 Å². The van der Waals surface area contributed by atoms with E-state index in [-0.39, 0.29) is 26.5 Å². The third-order valence-corrected chi connectivity index (χ3v) is 10.7. The number of para-hydroxylation sites is 1. The largest absolute Gasteiger partial charge is 0.487 e. The Morgan fingerprint density at radius 3 is 2.26 bits per heavy atom. The molecule has 0 aliphatic carbocycles. The number of pyridine rings is 1. The molecule has 3 aromatic heterocycles. The van der Waals surface area contributed by atoms with Crippen LogP contribution in [0.25, 0.3) is 27.6 Å². The molecule has 222 valence electrons. The van der Waals surface area contributed by atoms with Crippen molar-refractivity contribution in [1.82, 2.24) is 19.5 Å². The molecule has 0 spiro atoms. The van der Waals surface area contributed by atoms with Crippen LogP contribution in [-0.4, -0.2) is 39.1 Å². The monoisotopic (exact) mass is 764 g/mol. The summed E-state index contributed by atoms with van der Waals surface area (Å²) in [7, 11) is 0.474. The maximum atomic E-state index is 4.71. The molecule has 0 saturated heterocycles. The summed E-state index contributed by atoms with van der Waals surface area (Å²) >= 11 is 0. The van der Waals surface area contributed by atoms with E-state index < -0.39 is 10.0 Å². The Labute approximate surface area is 269 Å². The predicted octanol–water partition coefficient (Wildman–Crippen LogP) is 8.05. The Hall–Kier alpha value is -3.67. The molecule has 0 unspecified atom stereocenters. The molecule has 0 fully saturated rings. The molecular formula is C35H33N6PtS-3. The number of hydrogen-bond donors (Lipinski definition) is 0. The number of nitrogens with zero attached hydrogens (tertiary/aromatic N) is 6. The van der Waals surface area contributed by atoms with Crippen molar-refractivity contribution in [3.8, 4) is 5.82 Å². The number of hydrogen-bond acceptors (Lipinski definition) is 5. The van der Waals surface area contributed by atoms with E-state index in [0.29, 0.717) is 0 Å². The van der Waals surface area contributed by atoms with Crippen molar-refractivity contribution >= 4 is 49.2 Å². The first kappa shape index (κ1) is 29.4. The molecule has 1 aliphatic heterocycles. The van der Waals surface area contributed by atoms with Crippen molar-refractivity contribution in [3.05, 3.63) is 110 Å². The van der Waals surface area contributed by atoms with Gasteiger partial charge >= 0.3 is 0 Å². The molecule has 0 bridgehead atoms. The minimum absolute atomic E-state index is 0. The van der Waals surface area contributed by atoms with E-state index >= 15 is 0 Å². The molecule has 1 aliphatic rings. The Kier molecular flexibility index (Phi) is 7.38. The molecule has 43 heavy (non-hydrogen) atoms. The van der Waals surface area contributed by atoms with E-state index in [2.05, 4.69) is 119 Å². The topological polar surface area (TPSA) is 50.1 Å². The van der Waals surface area contributed by atoms with Gasteiger partial charge in [-0.15, -0.1) is 51.3 Å². The van der Waals surface area contributed by atoms with Crippen molar-refractivity contribution in [1.29, 1.82) is 0 Å². The Morgan fingerprint density at radius 1 is 0.767 bits per heavy atom. The minimum atomic E-state index is -1.53. The van der Waals surface area contributed by atoms with Gasteiger partial charge in [-0.3, -0.25) is 0 Å². The van der Waals surface area contributed by atoms with E-state index in [9.17, 15) is 0 Å². The van der Waals surface area contributed by atoms with Gasteiger partial charge in [-0.25, -0.2) is 25.0 Å². The van der Waals surface area contributed by atoms with Crippen LogP contribution in [0.2, 0.25) is 0 Å². The summed E-state index contributed by atoms with van der Waals surface area (Å²) in [4.78, 5) is 20.4. The average molecular weight is 765 g/mol. The summed E-state index contributed by atoms with van der Waals surface area (Å²) in [6.45, 7) is 8.82. The van der Waals surface area contributed by atoms with Crippen molar-refractivity contribution in [2.75, 3.05) is 29.4 Å². The summed E-state index contributed by atoms with van der Waals surface area (Å²) in [5.41, 5.74) is 4.34. The molecule has 0 amide bonds. The smallest absolute Gasteiger partial charge is 0.143 e. The van der Waals surface area contributed by atoms with Crippen LogP contribution < -0.4 is 9.80 Å². The quantitative estimate of drug-likeness (QED) is 0.170. The summed E-state index contributed by atoms with van der Waals surface area (Å²) in [5.74, 6) is 2.54. The van der Waals surface area contributed by atoms with Gasteiger partial charge in [0.1, 0.15) is 17.5 Å². The van der Waals surface area contributed by atoms with Crippen LogP contribution >= 0.6 is 10.0 Å². The average Bonchev–Trinajstić information content (AvgIpc) is 3.51. The maximum absolute atomic E-state index is 4.71. The zero-order valence-electron chi connectivity index (χ0n) is 25.1. The van der Waals surface area contributed by atoms with E-state index in [1.807, 2.05) is 36.9 Å². The number of benzene rings is 3. The second kappa shape index (κ2) is 10.8. The van der Waals surface area contributed by atoms with Gasteiger partial charge in [-0.1, -0.05) is 50.6 Å². The van der Waals surface area contributed by atoms with Crippen molar-refractivity contribution < 1.29 is 21.1 Å². The number of rotatable bonds is 4. The van der Waals surface area contributed by atoms with E-state index in [4.69, 9.17) is 4.98 Å². The van der Waals surface area contributed by atoms with Gasteiger partial charge in [-0.05, 0) is 48.6 Å². The van der Waals surface area contributed by atoms with Crippen molar-refractivity contribution in [3.63, 3.8) is 0 Å². The molecule has 0 N–H and O–H groups in total. The van der Waals surface area contributed by atoms with Gasteiger partial charge in [0.05, 0.1) is 0 Å². The molecule has 6 nitrogen and oxygen atoms in total. The molecule has 0 atom stereocenters. The molecule has 0 radical (unpaired) electrons. The van der Waals surface area contributed by atoms with E-state index in [1.54, 1.807) is 12.4 Å². The van der Waals surface area contributed by atoms with E-state index in [0.717, 1.165) is 34.2 Å². The van der Waals surface area contributed by atoms with Crippen LogP contribution in [0.3, 0.4) is 0 Å². The zero-order chi connectivity index (χ0) is 29.2. The first-order valence-corrected chi connectivity index (χ1v) is 16.4. The maximum Gasteiger partial charge on any atom is 0.143 e. The Bertz CT molecular complexity index is 1960. The molecule has 0 saturated carbocycles. The van der Waals surface area contributed by atoms with Gasteiger partial charge in [0.2, 0.25) is 0 Å². The third-order valence-electron chi connectivity index (χ3n) is 8.00. The fourth-order valence-electron chi connectivity index (χ4n) is 5.58. The summed E-state index contributed by atoms with van der Waals surface area (Å²) in [6, 6.07) is 31.3. The van der Waals surface area contributed by atoms with Gasteiger partial charge in [-0.2, -0.15) is 18.2 Å². The van der Waals surface area contributed by atoms with Gasteiger partial charge in [0, 0.05) is 45.2 Å². The summed E-state index contributed by atoms with van der Waals surface area (Å²) in [6.07, 6.45) is 10.0. The predicted molar refractivity (Wildman–Crippen MR) is 174 cm³/mol. The van der Waals surface area contributed by atoms with E-state index in [1.165, 1.54) is 26.1 Å². The number of anilines is 3. The molecule has 4 heterocycles. The molecular weight excluding hydrogens is 732 g/mol. The number of aromatic nitrogens is 4. The van der Waals surface area contributed by atoms with Crippen molar-refractivity contribution in [2.24, 2.45) is 0 Å². The molecule has 8 heteroatoms. The fraction of sp³-hybridized carbons (Fsp3) is 0.200. The minimum Gasteiger partial charge on any atom is -0.487 e. The van der Waals surface area contributed by atoms with Crippen LogP contribution in [0, 0.1) is 18.8 Å². The second-order valence-corrected chi connectivity index (χ2v) is 15.7. The van der Waals surface area contributed by atoms with Crippen LogP contribution in [0.1, 0.15) is 26.3 Å². The standard InChI is InChI=1S/C35H33N6S.Pt/c1-35(2,3)24-19-25(40-23-39(4)33-34(40)38-18-17-37-33)21-27(20-24)42(5,6)26-14-15-29-28-11-7-8-12-30(28)41(31(29)22-26)32-13-9-10-16-36-32;/h7-20,23H,1-6H3;/q-3;. The van der Waals surface area contributed by atoms with Crippen LogP contribution in [-0.2, 0) is 26.5 Å².